The molecule has 2 aromatic heterocycles. The molecule has 0 bridgehead atoms. The molecule has 0 radical (unpaired) electrons. The topological polar surface area (TPSA) is 48.4 Å². The predicted octanol–water partition coefficient (Wildman–Crippen LogP) is 1.57. The largest absolute Gasteiger partial charge is 0.368 e. The fraction of sp³-hybridized carbons (Fsp3) is 0.438. The number of hydrogen-bond donors (Lipinski definition) is 0. The molecule has 2 aromatic rings. The van der Waals surface area contributed by atoms with Crippen molar-refractivity contribution in [2.45, 2.75) is 6.92 Å². The third-order valence-electron chi connectivity index (χ3n) is 3.86. The Hall–Kier alpha value is -2.37. The fourth-order valence-corrected chi connectivity index (χ4v) is 2.65. The van der Waals surface area contributed by atoms with Crippen molar-refractivity contribution in [1.82, 2.24) is 15.0 Å². The van der Waals surface area contributed by atoms with Crippen molar-refractivity contribution in [3.8, 4) is 0 Å². The maximum absolute atomic E-state index is 4.67. The molecule has 1 saturated heterocycles. The lowest BCUT2D eigenvalue weighted by Gasteiger charge is -2.36. The first kappa shape index (κ1) is 14.6. The van der Waals surface area contributed by atoms with E-state index in [4.69, 9.17) is 0 Å². The summed E-state index contributed by atoms with van der Waals surface area (Å²) in [6.45, 7) is 5.93. The molecule has 1 aliphatic rings. The minimum atomic E-state index is 0.770. The Kier molecular flexibility index (Phi) is 4.09. The average molecular weight is 298 g/mol. The fourth-order valence-electron chi connectivity index (χ4n) is 2.65. The second-order valence-electron chi connectivity index (χ2n) is 5.74. The smallest absolute Gasteiger partial charge is 0.226 e. The molecule has 0 N–H and O–H groups in total. The highest BCUT2D eigenvalue weighted by molar-refractivity contribution is 5.50. The van der Waals surface area contributed by atoms with Crippen LogP contribution in [0.4, 0.5) is 17.5 Å². The number of aryl methyl sites for hydroxylation is 1. The standard InChI is InChI=1S/C16H22N6/c1-13-12-15(19-16(18-13)20(2)3)22-10-8-21(9-11-22)14-4-6-17-7-5-14/h4-7,12H,8-11H2,1-3H3. The molecule has 0 aliphatic carbocycles. The van der Waals surface area contributed by atoms with E-state index in [0.717, 1.165) is 43.6 Å². The van der Waals surface area contributed by atoms with Gasteiger partial charge < -0.3 is 14.7 Å². The molecule has 0 unspecified atom stereocenters. The van der Waals surface area contributed by atoms with E-state index in [1.165, 1.54) is 5.69 Å². The van der Waals surface area contributed by atoms with Crippen LogP contribution < -0.4 is 14.7 Å². The summed E-state index contributed by atoms with van der Waals surface area (Å²) in [6.07, 6.45) is 3.69. The number of nitrogens with zero attached hydrogens (tertiary/aromatic N) is 6. The lowest BCUT2D eigenvalue weighted by atomic mass is 10.2. The van der Waals surface area contributed by atoms with Crippen LogP contribution in [-0.2, 0) is 0 Å². The van der Waals surface area contributed by atoms with E-state index < -0.39 is 0 Å². The zero-order chi connectivity index (χ0) is 15.5. The molecule has 3 heterocycles. The van der Waals surface area contributed by atoms with Gasteiger partial charge in [0.25, 0.3) is 0 Å². The lowest BCUT2D eigenvalue weighted by Crippen LogP contribution is -2.47. The Balaban J connectivity index is 1.71. The summed E-state index contributed by atoms with van der Waals surface area (Å²) in [5, 5.41) is 0. The van der Waals surface area contributed by atoms with Crippen LogP contribution in [0.5, 0.6) is 0 Å². The summed E-state index contributed by atoms with van der Waals surface area (Å²) in [5.74, 6) is 1.79. The summed E-state index contributed by atoms with van der Waals surface area (Å²) in [5.41, 5.74) is 2.24. The first-order valence-corrected chi connectivity index (χ1v) is 7.56. The van der Waals surface area contributed by atoms with Crippen LogP contribution in [0.25, 0.3) is 0 Å². The van der Waals surface area contributed by atoms with Gasteiger partial charge in [0.05, 0.1) is 0 Å². The van der Waals surface area contributed by atoms with Crippen LogP contribution in [0.3, 0.4) is 0 Å². The summed E-state index contributed by atoms with van der Waals surface area (Å²) in [6, 6.07) is 6.19. The number of rotatable bonds is 3. The van der Waals surface area contributed by atoms with Crippen molar-refractivity contribution in [3.05, 3.63) is 36.3 Å². The van der Waals surface area contributed by atoms with Gasteiger partial charge >= 0.3 is 0 Å². The molecule has 1 aliphatic heterocycles. The molecule has 0 spiro atoms. The summed E-state index contributed by atoms with van der Waals surface area (Å²) in [4.78, 5) is 19.9. The van der Waals surface area contributed by atoms with Crippen molar-refractivity contribution < 1.29 is 0 Å². The van der Waals surface area contributed by atoms with Crippen LogP contribution in [-0.4, -0.2) is 55.2 Å². The van der Waals surface area contributed by atoms with Gasteiger partial charge in [0.15, 0.2) is 0 Å². The first-order chi connectivity index (χ1) is 10.6. The molecule has 0 saturated carbocycles. The van der Waals surface area contributed by atoms with Gasteiger partial charge in [-0.25, -0.2) is 4.98 Å². The van der Waals surface area contributed by atoms with E-state index in [2.05, 4.69) is 43.0 Å². The van der Waals surface area contributed by atoms with Gasteiger partial charge in [0.2, 0.25) is 5.95 Å². The second-order valence-corrected chi connectivity index (χ2v) is 5.74. The van der Waals surface area contributed by atoms with E-state index in [9.17, 15) is 0 Å². The van der Waals surface area contributed by atoms with Crippen molar-refractivity contribution in [1.29, 1.82) is 0 Å². The molecule has 0 aromatic carbocycles. The second kappa shape index (κ2) is 6.17. The zero-order valence-corrected chi connectivity index (χ0v) is 13.4. The highest BCUT2D eigenvalue weighted by Crippen LogP contribution is 2.20. The number of piperazine rings is 1. The van der Waals surface area contributed by atoms with Gasteiger partial charge in [-0.1, -0.05) is 0 Å². The van der Waals surface area contributed by atoms with Gasteiger partial charge in [-0.15, -0.1) is 0 Å². The molecule has 0 amide bonds. The molecule has 116 valence electrons. The predicted molar refractivity (Wildman–Crippen MR) is 89.8 cm³/mol. The monoisotopic (exact) mass is 298 g/mol. The summed E-state index contributed by atoms with van der Waals surface area (Å²) < 4.78 is 0. The van der Waals surface area contributed by atoms with Crippen molar-refractivity contribution in [2.75, 3.05) is 55.0 Å². The van der Waals surface area contributed by atoms with Crippen LogP contribution in [0.15, 0.2) is 30.6 Å². The molecule has 6 nitrogen and oxygen atoms in total. The Labute approximate surface area is 131 Å². The molecular formula is C16H22N6. The molecule has 3 rings (SSSR count). The number of pyridine rings is 1. The minimum absolute atomic E-state index is 0.770. The Bertz CT molecular complexity index is 620. The first-order valence-electron chi connectivity index (χ1n) is 7.56. The highest BCUT2D eigenvalue weighted by Gasteiger charge is 2.19. The summed E-state index contributed by atoms with van der Waals surface area (Å²) in [7, 11) is 3.94. The molecule has 22 heavy (non-hydrogen) atoms. The van der Waals surface area contributed by atoms with Crippen LogP contribution in [0, 0.1) is 6.92 Å². The van der Waals surface area contributed by atoms with E-state index in [1.54, 1.807) is 0 Å². The van der Waals surface area contributed by atoms with Gasteiger partial charge in [-0.05, 0) is 19.1 Å². The number of anilines is 3. The maximum Gasteiger partial charge on any atom is 0.226 e. The third kappa shape index (κ3) is 3.10. The highest BCUT2D eigenvalue weighted by atomic mass is 15.3. The summed E-state index contributed by atoms with van der Waals surface area (Å²) >= 11 is 0. The number of aromatic nitrogens is 3. The van der Waals surface area contributed by atoms with Crippen molar-refractivity contribution in [2.24, 2.45) is 0 Å². The van der Waals surface area contributed by atoms with Gasteiger partial charge in [-0.3, -0.25) is 4.98 Å². The SMILES string of the molecule is Cc1cc(N2CCN(c3ccncc3)CC2)nc(N(C)C)n1. The normalized spacial score (nSPS) is 15.0. The number of hydrogen-bond acceptors (Lipinski definition) is 6. The molecular weight excluding hydrogens is 276 g/mol. The van der Waals surface area contributed by atoms with Gasteiger partial charge in [0, 0.05) is 70.1 Å². The van der Waals surface area contributed by atoms with E-state index >= 15 is 0 Å². The molecule has 1 fully saturated rings. The van der Waals surface area contributed by atoms with E-state index in [-0.39, 0.29) is 0 Å². The van der Waals surface area contributed by atoms with Crippen LogP contribution in [0.1, 0.15) is 5.69 Å². The van der Waals surface area contributed by atoms with Crippen molar-refractivity contribution in [3.63, 3.8) is 0 Å². The Morgan fingerprint density at radius 2 is 1.59 bits per heavy atom. The Morgan fingerprint density at radius 3 is 2.23 bits per heavy atom. The quantitative estimate of drug-likeness (QED) is 0.857. The van der Waals surface area contributed by atoms with E-state index in [0.29, 0.717) is 0 Å². The lowest BCUT2D eigenvalue weighted by molar-refractivity contribution is 0.646. The molecule has 0 atom stereocenters. The van der Waals surface area contributed by atoms with Gasteiger partial charge in [0.1, 0.15) is 5.82 Å². The Morgan fingerprint density at radius 1 is 0.955 bits per heavy atom. The molecule has 6 heteroatoms. The maximum atomic E-state index is 4.67. The van der Waals surface area contributed by atoms with E-state index in [1.807, 2.05) is 38.3 Å². The zero-order valence-electron chi connectivity index (χ0n) is 13.4. The van der Waals surface area contributed by atoms with Gasteiger partial charge in [-0.2, -0.15) is 4.98 Å². The minimum Gasteiger partial charge on any atom is -0.368 e. The average Bonchev–Trinajstić information content (AvgIpc) is 2.55. The van der Waals surface area contributed by atoms with Crippen LogP contribution >= 0.6 is 0 Å². The van der Waals surface area contributed by atoms with Crippen molar-refractivity contribution >= 4 is 17.5 Å². The van der Waals surface area contributed by atoms with Crippen LogP contribution in [0.2, 0.25) is 0 Å². The third-order valence-corrected chi connectivity index (χ3v) is 3.86.